The van der Waals surface area contributed by atoms with Crippen LogP contribution < -0.4 is 5.73 Å². The minimum absolute atomic E-state index is 0.0558. The summed E-state index contributed by atoms with van der Waals surface area (Å²) in [7, 11) is 0. The van der Waals surface area contributed by atoms with Gasteiger partial charge >= 0.3 is 0 Å². The molecule has 0 saturated heterocycles. The topological polar surface area (TPSA) is 43.1 Å². The van der Waals surface area contributed by atoms with Crippen LogP contribution in [0, 0.1) is 5.92 Å². The van der Waals surface area contributed by atoms with Crippen LogP contribution in [-0.4, -0.2) is 10.8 Å². The van der Waals surface area contributed by atoms with Gasteiger partial charge in [-0.1, -0.05) is 54.1 Å². The molecule has 82 valence electrons. The lowest BCUT2D eigenvalue weighted by Crippen LogP contribution is -2.30. The van der Waals surface area contributed by atoms with E-state index in [1.807, 2.05) is 18.2 Å². The Morgan fingerprint density at radius 3 is 2.31 bits per heavy atom. The van der Waals surface area contributed by atoms with E-state index in [4.69, 9.17) is 17.3 Å². The van der Waals surface area contributed by atoms with Crippen molar-refractivity contribution in [2.24, 2.45) is 11.7 Å². The number of benzene rings is 1. The van der Waals surface area contributed by atoms with Crippen molar-refractivity contribution in [3.63, 3.8) is 0 Å². The number of halogens is 1. The van der Waals surface area contributed by atoms with E-state index in [1.54, 1.807) is 36.4 Å². The van der Waals surface area contributed by atoms with Gasteiger partial charge in [0.2, 0.25) is 0 Å². The van der Waals surface area contributed by atoms with Crippen molar-refractivity contribution in [1.82, 2.24) is 0 Å². The predicted molar refractivity (Wildman–Crippen MR) is 65.3 cm³/mol. The molecular formula is C13H12ClNO. The SMILES string of the molecule is NC1(Cl)C=CC(C(=O)c2ccccc2)C=C1. The zero-order chi connectivity index (χ0) is 11.6. The number of Topliss-reactive ketones (excluding diaryl/α,β-unsaturated/α-hetero) is 1. The minimum Gasteiger partial charge on any atom is -0.306 e. The van der Waals surface area contributed by atoms with Gasteiger partial charge in [0.1, 0.15) is 5.00 Å². The minimum atomic E-state index is -0.951. The first-order chi connectivity index (χ1) is 7.58. The molecule has 0 fully saturated rings. The number of hydrogen-bond acceptors (Lipinski definition) is 2. The van der Waals surface area contributed by atoms with Crippen LogP contribution in [0.1, 0.15) is 10.4 Å². The molecule has 0 saturated carbocycles. The molecule has 2 N–H and O–H groups in total. The Morgan fingerprint density at radius 2 is 1.75 bits per heavy atom. The van der Waals surface area contributed by atoms with Gasteiger partial charge in [-0.15, -0.1) is 0 Å². The summed E-state index contributed by atoms with van der Waals surface area (Å²) in [5, 5.41) is 0. The average Bonchev–Trinajstić information content (AvgIpc) is 2.29. The third-order valence-electron chi connectivity index (χ3n) is 2.48. The Bertz CT molecular complexity index is 432. The summed E-state index contributed by atoms with van der Waals surface area (Å²) in [6.07, 6.45) is 6.75. The molecule has 0 radical (unpaired) electrons. The van der Waals surface area contributed by atoms with Crippen LogP contribution in [0.25, 0.3) is 0 Å². The summed E-state index contributed by atoms with van der Waals surface area (Å²) in [6.45, 7) is 0. The summed E-state index contributed by atoms with van der Waals surface area (Å²) in [6, 6.07) is 9.17. The second kappa shape index (κ2) is 4.24. The van der Waals surface area contributed by atoms with Crippen LogP contribution >= 0.6 is 11.6 Å². The van der Waals surface area contributed by atoms with Gasteiger partial charge in [0.25, 0.3) is 0 Å². The third-order valence-corrected chi connectivity index (χ3v) is 2.73. The number of rotatable bonds is 2. The normalized spacial score (nSPS) is 28.0. The predicted octanol–water partition coefficient (Wildman–Crippen LogP) is 2.51. The van der Waals surface area contributed by atoms with E-state index in [-0.39, 0.29) is 11.7 Å². The maximum atomic E-state index is 12.0. The molecule has 0 atom stereocenters. The van der Waals surface area contributed by atoms with E-state index in [0.29, 0.717) is 5.56 Å². The van der Waals surface area contributed by atoms with Crippen molar-refractivity contribution >= 4 is 17.4 Å². The molecule has 1 aromatic carbocycles. The molecule has 16 heavy (non-hydrogen) atoms. The second-order valence-corrected chi connectivity index (χ2v) is 4.46. The summed E-state index contributed by atoms with van der Waals surface area (Å²) in [4.78, 5) is 11.1. The summed E-state index contributed by atoms with van der Waals surface area (Å²) >= 11 is 5.88. The average molecular weight is 234 g/mol. The van der Waals surface area contributed by atoms with Crippen LogP contribution in [-0.2, 0) is 0 Å². The highest BCUT2D eigenvalue weighted by molar-refractivity contribution is 6.26. The van der Waals surface area contributed by atoms with Crippen LogP contribution in [0.5, 0.6) is 0 Å². The molecule has 0 heterocycles. The summed E-state index contributed by atoms with van der Waals surface area (Å²) < 4.78 is 0. The first-order valence-electron chi connectivity index (χ1n) is 5.04. The maximum absolute atomic E-state index is 12.0. The molecule has 0 bridgehead atoms. The third kappa shape index (κ3) is 2.40. The molecule has 0 amide bonds. The monoisotopic (exact) mass is 233 g/mol. The highest BCUT2D eigenvalue weighted by atomic mass is 35.5. The number of hydrogen-bond donors (Lipinski definition) is 1. The van der Waals surface area contributed by atoms with Gasteiger partial charge in [-0.25, -0.2) is 0 Å². The molecular weight excluding hydrogens is 222 g/mol. The number of alkyl halides is 1. The zero-order valence-electron chi connectivity index (χ0n) is 8.64. The van der Waals surface area contributed by atoms with Crippen molar-refractivity contribution in [2.75, 3.05) is 0 Å². The van der Waals surface area contributed by atoms with E-state index in [1.165, 1.54) is 0 Å². The van der Waals surface area contributed by atoms with Gasteiger partial charge in [0.05, 0.1) is 5.92 Å². The molecule has 0 aromatic heterocycles. The molecule has 3 heteroatoms. The van der Waals surface area contributed by atoms with Gasteiger partial charge < -0.3 is 5.73 Å². The smallest absolute Gasteiger partial charge is 0.173 e. The second-order valence-electron chi connectivity index (χ2n) is 3.80. The Labute approximate surface area is 99.4 Å². The maximum Gasteiger partial charge on any atom is 0.173 e. The number of allylic oxidation sites excluding steroid dienone is 2. The fourth-order valence-corrected chi connectivity index (χ4v) is 1.74. The lowest BCUT2D eigenvalue weighted by molar-refractivity contribution is 0.0964. The fraction of sp³-hybridized carbons (Fsp3) is 0.154. The molecule has 2 nitrogen and oxygen atoms in total. The highest BCUT2D eigenvalue weighted by Gasteiger charge is 2.22. The van der Waals surface area contributed by atoms with Gasteiger partial charge in [-0.05, 0) is 12.2 Å². The van der Waals surface area contributed by atoms with Gasteiger partial charge in [0, 0.05) is 5.56 Å². The van der Waals surface area contributed by atoms with Crippen LogP contribution in [0.15, 0.2) is 54.6 Å². The highest BCUT2D eigenvalue weighted by Crippen LogP contribution is 2.22. The Morgan fingerprint density at radius 1 is 1.19 bits per heavy atom. The molecule has 1 aromatic rings. The van der Waals surface area contributed by atoms with Crippen LogP contribution in [0.2, 0.25) is 0 Å². The van der Waals surface area contributed by atoms with Crippen molar-refractivity contribution in [3.8, 4) is 0 Å². The van der Waals surface area contributed by atoms with E-state index in [0.717, 1.165) is 0 Å². The van der Waals surface area contributed by atoms with Crippen molar-refractivity contribution in [2.45, 2.75) is 5.00 Å². The largest absolute Gasteiger partial charge is 0.306 e. The van der Waals surface area contributed by atoms with E-state index >= 15 is 0 Å². The van der Waals surface area contributed by atoms with E-state index in [9.17, 15) is 4.79 Å². The standard InChI is InChI=1S/C13H12ClNO/c14-13(15)8-6-11(7-9-13)12(16)10-4-2-1-3-5-10/h1-9,11H,15H2. The zero-order valence-corrected chi connectivity index (χ0v) is 9.39. The molecule has 1 aliphatic carbocycles. The quantitative estimate of drug-likeness (QED) is 0.369. The molecule has 2 rings (SSSR count). The van der Waals surface area contributed by atoms with Crippen molar-refractivity contribution in [3.05, 3.63) is 60.2 Å². The van der Waals surface area contributed by atoms with Crippen molar-refractivity contribution < 1.29 is 4.79 Å². The molecule has 0 aliphatic heterocycles. The lowest BCUT2D eigenvalue weighted by Gasteiger charge is -2.19. The van der Waals surface area contributed by atoms with Gasteiger partial charge in [-0.3, -0.25) is 4.79 Å². The van der Waals surface area contributed by atoms with E-state index < -0.39 is 5.00 Å². The Kier molecular flexibility index (Phi) is 2.95. The Balaban J connectivity index is 2.18. The van der Waals surface area contributed by atoms with Gasteiger partial charge in [-0.2, -0.15) is 0 Å². The van der Waals surface area contributed by atoms with E-state index in [2.05, 4.69) is 0 Å². The van der Waals surface area contributed by atoms with Crippen LogP contribution in [0.4, 0.5) is 0 Å². The van der Waals surface area contributed by atoms with Gasteiger partial charge in [0.15, 0.2) is 5.78 Å². The number of carbonyl (C=O) groups is 1. The molecule has 1 aliphatic rings. The fourth-order valence-electron chi connectivity index (χ4n) is 1.59. The number of carbonyl (C=O) groups excluding carboxylic acids is 1. The van der Waals surface area contributed by atoms with Crippen molar-refractivity contribution in [1.29, 1.82) is 0 Å². The Hall–Kier alpha value is -1.38. The van der Waals surface area contributed by atoms with Crippen LogP contribution in [0.3, 0.4) is 0 Å². The first-order valence-corrected chi connectivity index (χ1v) is 5.42. The lowest BCUT2D eigenvalue weighted by atomic mass is 9.92. The number of ketones is 1. The summed E-state index contributed by atoms with van der Waals surface area (Å²) in [5.41, 5.74) is 6.35. The summed E-state index contributed by atoms with van der Waals surface area (Å²) in [5.74, 6) is -0.210. The number of nitrogens with two attached hydrogens (primary N) is 1. The molecule has 0 spiro atoms. The molecule has 0 unspecified atom stereocenters. The first kappa shape index (κ1) is 11.1.